The molecule has 156 valence electrons. The highest BCUT2D eigenvalue weighted by atomic mass is 32.1. The molecule has 1 atom stereocenters. The molecule has 0 N–H and O–H groups in total. The number of carbonyl (C=O) groups excluding carboxylic acids is 2. The molecule has 2 amide bonds. The maximum atomic E-state index is 13.1. The van der Waals surface area contributed by atoms with E-state index in [1.807, 2.05) is 17.9 Å². The zero-order valence-corrected chi connectivity index (χ0v) is 18.7. The molecule has 0 radical (unpaired) electrons. The molecule has 1 aromatic carbocycles. The van der Waals surface area contributed by atoms with Crippen LogP contribution in [0.2, 0.25) is 0 Å². The molecule has 3 aromatic rings. The molecule has 2 aromatic heterocycles. The first-order chi connectivity index (χ1) is 14.6. The van der Waals surface area contributed by atoms with Crippen LogP contribution in [0.1, 0.15) is 27.9 Å². The molecule has 0 unspecified atom stereocenters. The van der Waals surface area contributed by atoms with Gasteiger partial charge in [0.05, 0.1) is 11.6 Å². The van der Waals surface area contributed by atoms with E-state index in [1.165, 1.54) is 10.4 Å². The third-order valence-corrected chi connectivity index (χ3v) is 7.23. The summed E-state index contributed by atoms with van der Waals surface area (Å²) >= 11 is 2.83. The van der Waals surface area contributed by atoms with Gasteiger partial charge in [0.15, 0.2) is 0 Å². The van der Waals surface area contributed by atoms with Gasteiger partial charge in [0, 0.05) is 31.1 Å². The van der Waals surface area contributed by atoms with E-state index in [9.17, 15) is 9.59 Å². The molecular weight excluding hydrogens is 416 g/mol. The Morgan fingerprint density at radius 3 is 2.63 bits per heavy atom. The molecule has 1 saturated heterocycles. The second-order valence-electron chi connectivity index (χ2n) is 7.43. The van der Waals surface area contributed by atoms with Crippen LogP contribution in [0.15, 0.2) is 41.8 Å². The van der Waals surface area contributed by atoms with Gasteiger partial charge in [0.2, 0.25) is 5.91 Å². The van der Waals surface area contributed by atoms with Crippen LogP contribution in [0, 0.1) is 12.8 Å². The van der Waals surface area contributed by atoms with Crippen molar-refractivity contribution >= 4 is 34.7 Å². The van der Waals surface area contributed by atoms with Crippen molar-refractivity contribution in [3.63, 3.8) is 0 Å². The van der Waals surface area contributed by atoms with Crippen molar-refractivity contribution in [3.8, 4) is 10.4 Å². The van der Waals surface area contributed by atoms with Gasteiger partial charge in [-0.25, -0.2) is 0 Å². The summed E-state index contributed by atoms with van der Waals surface area (Å²) in [6.07, 6.45) is 0.615. The fourth-order valence-corrected chi connectivity index (χ4v) is 5.16. The summed E-state index contributed by atoms with van der Waals surface area (Å²) in [7, 11) is 0. The van der Waals surface area contributed by atoms with Gasteiger partial charge in [0.25, 0.3) is 5.91 Å². The van der Waals surface area contributed by atoms with Gasteiger partial charge in [-0.2, -0.15) is 0 Å². The van der Waals surface area contributed by atoms with Crippen LogP contribution in [0.5, 0.6) is 0 Å². The lowest BCUT2D eigenvalue weighted by Crippen LogP contribution is -2.37. The zero-order valence-electron chi connectivity index (χ0n) is 17.1. The molecular formula is C22H24N4O2S2. The minimum absolute atomic E-state index is 0.0775. The highest BCUT2D eigenvalue weighted by Gasteiger charge is 2.33. The van der Waals surface area contributed by atoms with E-state index in [0.29, 0.717) is 43.2 Å². The van der Waals surface area contributed by atoms with E-state index in [1.54, 1.807) is 23.2 Å². The zero-order chi connectivity index (χ0) is 21.1. The Labute approximate surface area is 184 Å². The van der Waals surface area contributed by atoms with Crippen LogP contribution in [0.3, 0.4) is 0 Å². The number of thiophene rings is 1. The average Bonchev–Trinajstić information content (AvgIpc) is 3.41. The Morgan fingerprint density at radius 1 is 1.20 bits per heavy atom. The molecule has 8 heteroatoms. The summed E-state index contributed by atoms with van der Waals surface area (Å²) in [6, 6.07) is 12.5. The monoisotopic (exact) mass is 440 g/mol. The molecule has 1 aliphatic heterocycles. The smallest absolute Gasteiger partial charge is 0.267 e. The number of amides is 2. The molecule has 6 nitrogen and oxygen atoms in total. The summed E-state index contributed by atoms with van der Waals surface area (Å²) in [5, 5.41) is 6.03. The number of hydrogen-bond acceptors (Lipinski definition) is 6. The summed E-state index contributed by atoms with van der Waals surface area (Å²) in [6.45, 7) is 5.93. The van der Waals surface area contributed by atoms with E-state index in [2.05, 4.69) is 45.3 Å². The maximum Gasteiger partial charge on any atom is 0.267 e. The first-order valence-corrected chi connectivity index (χ1v) is 11.7. The molecule has 1 fully saturated rings. The Kier molecular flexibility index (Phi) is 6.24. The Morgan fingerprint density at radius 2 is 2.00 bits per heavy atom. The van der Waals surface area contributed by atoms with E-state index in [0.717, 1.165) is 17.1 Å². The molecule has 1 aliphatic rings. The Hall–Kier alpha value is -2.58. The van der Waals surface area contributed by atoms with Crippen molar-refractivity contribution in [1.82, 2.24) is 19.4 Å². The van der Waals surface area contributed by atoms with Crippen LogP contribution < -0.4 is 0 Å². The molecule has 4 rings (SSSR count). The molecule has 0 spiro atoms. The van der Waals surface area contributed by atoms with Gasteiger partial charge in [-0.15, -0.1) is 16.4 Å². The largest absolute Gasteiger partial charge is 0.341 e. The maximum absolute atomic E-state index is 13.1. The Bertz CT molecular complexity index is 1010. The Balaban J connectivity index is 1.54. The van der Waals surface area contributed by atoms with Crippen LogP contribution in [0.25, 0.3) is 10.4 Å². The summed E-state index contributed by atoms with van der Waals surface area (Å²) in [5.74, 6) is -0.217. The van der Waals surface area contributed by atoms with Gasteiger partial charge >= 0.3 is 0 Å². The average molecular weight is 441 g/mol. The number of rotatable bonds is 5. The molecule has 0 bridgehead atoms. The number of hydrogen-bond donors (Lipinski definition) is 0. The van der Waals surface area contributed by atoms with Gasteiger partial charge in [-0.3, -0.25) is 9.59 Å². The van der Waals surface area contributed by atoms with Gasteiger partial charge < -0.3 is 9.80 Å². The van der Waals surface area contributed by atoms with Gasteiger partial charge in [0.1, 0.15) is 4.88 Å². The number of aromatic nitrogens is 2. The minimum Gasteiger partial charge on any atom is -0.341 e. The first kappa shape index (κ1) is 20.7. The van der Waals surface area contributed by atoms with Gasteiger partial charge in [-0.05, 0) is 54.4 Å². The van der Waals surface area contributed by atoms with Crippen molar-refractivity contribution < 1.29 is 9.59 Å². The standard InChI is InChI=1S/C22H24N4O2S2/c1-3-25-10-11-26(22(28)20-15(2)23-24-30-20)14-18(21(25)27)13-16-6-8-17(9-7-16)19-5-4-12-29-19/h4-9,12,18H,3,10-11,13-14H2,1-2H3/t18-/m1/s1. The first-order valence-electron chi connectivity index (χ1n) is 10.1. The van der Waals surface area contributed by atoms with E-state index < -0.39 is 0 Å². The second kappa shape index (κ2) is 9.06. The van der Waals surface area contributed by atoms with Crippen molar-refractivity contribution in [2.75, 3.05) is 26.2 Å². The van der Waals surface area contributed by atoms with Crippen LogP contribution in [-0.2, 0) is 11.2 Å². The minimum atomic E-state index is -0.259. The van der Waals surface area contributed by atoms with Gasteiger partial charge in [-0.1, -0.05) is 34.8 Å². The fraction of sp³-hybridized carbons (Fsp3) is 0.364. The number of nitrogens with zero attached hydrogens (tertiary/aromatic N) is 4. The van der Waals surface area contributed by atoms with Crippen LogP contribution in [-0.4, -0.2) is 57.4 Å². The number of aryl methyl sites for hydroxylation is 1. The SMILES string of the molecule is CCN1CCN(C(=O)c2snnc2C)C[C@@H](Cc2ccc(-c3cccs3)cc2)C1=O. The lowest BCUT2D eigenvalue weighted by molar-refractivity contribution is -0.134. The third kappa shape index (κ3) is 4.29. The number of carbonyl (C=O) groups is 2. The summed E-state index contributed by atoms with van der Waals surface area (Å²) < 4.78 is 3.89. The highest BCUT2D eigenvalue weighted by Crippen LogP contribution is 2.26. The second-order valence-corrected chi connectivity index (χ2v) is 9.13. The number of benzene rings is 1. The summed E-state index contributed by atoms with van der Waals surface area (Å²) in [4.78, 5) is 31.6. The molecule has 3 heterocycles. The van der Waals surface area contributed by atoms with E-state index in [4.69, 9.17) is 0 Å². The van der Waals surface area contributed by atoms with Crippen molar-refractivity contribution in [3.05, 3.63) is 57.9 Å². The quantitative estimate of drug-likeness (QED) is 0.606. The predicted octanol–water partition coefficient (Wildman–Crippen LogP) is 3.74. The van der Waals surface area contributed by atoms with E-state index >= 15 is 0 Å². The lowest BCUT2D eigenvalue weighted by atomic mass is 9.96. The van der Waals surface area contributed by atoms with Crippen LogP contribution in [0.4, 0.5) is 0 Å². The topological polar surface area (TPSA) is 66.4 Å². The van der Waals surface area contributed by atoms with Crippen molar-refractivity contribution in [2.24, 2.45) is 5.92 Å². The lowest BCUT2D eigenvalue weighted by Gasteiger charge is -2.23. The van der Waals surface area contributed by atoms with Crippen molar-refractivity contribution in [1.29, 1.82) is 0 Å². The molecule has 0 saturated carbocycles. The van der Waals surface area contributed by atoms with Crippen LogP contribution >= 0.6 is 22.9 Å². The summed E-state index contributed by atoms with van der Waals surface area (Å²) in [5.41, 5.74) is 2.93. The fourth-order valence-electron chi connectivity index (χ4n) is 3.80. The normalized spacial score (nSPS) is 17.3. The van der Waals surface area contributed by atoms with Crippen molar-refractivity contribution in [2.45, 2.75) is 20.3 Å². The molecule has 0 aliphatic carbocycles. The highest BCUT2D eigenvalue weighted by molar-refractivity contribution is 7.13. The van der Waals surface area contributed by atoms with E-state index in [-0.39, 0.29) is 17.7 Å². The molecule has 30 heavy (non-hydrogen) atoms. The predicted molar refractivity (Wildman–Crippen MR) is 120 cm³/mol. The number of likely N-dealkylation sites (N-methyl/N-ethyl adjacent to an activating group) is 1. The third-order valence-electron chi connectivity index (χ3n) is 5.50.